The minimum absolute atomic E-state index is 0.0890. The smallest absolute Gasteiger partial charge is 0.293 e. The number of hydrogen-bond donors (Lipinski definition) is 2. The summed E-state index contributed by atoms with van der Waals surface area (Å²) in [6, 6.07) is 3.97. The third kappa shape index (κ3) is 3.02. The Bertz CT molecular complexity index is 698. The van der Waals surface area contributed by atoms with Gasteiger partial charge in [0.15, 0.2) is 6.39 Å². The van der Waals surface area contributed by atoms with E-state index in [-0.39, 0.29) is 17.9 Å². The number of anilines is 1. The molecule has 2 rings (SSSR count). The number of benzene rings is 1. The SMILES string of the molecule is Cc1ncoc1C(=O)Nc1ccc(F)c(C#CCO)c1. The fourth-order valence-corrected chi connectivity index (χ4v) is 1.54. The van der Waals surface area contributed by atoms with Crippen LogP contribution in [0.3, 0.4) is 0 Å². The average molecular weight is 274 g/mol. The lowest BCUT2D eigenvalue weighted by molar-refractivity contribution is 0.0996. The Balaban J connectivity index is 2.22. The van der Waals surface area contributed by atoms with E-state index in [2.05, 4.69) is 22.1 Å². The normalized spacial score (nSPS) is 9.75. The first-order valence-electron chi connectivity index (χ1n) is 5.72. The third-order valence-corrected chi connectivity index (χ3v) is 2.48. The van der Waals surface area contributed by atoms with Crippen molar-refractivity contribution in [1.29, 1.82) is 0 Å². The Morgan fingerprint density at radius 1 is 1.55 bits per heavy atom. The molecule has 0 saturated heterocycles. The molecule has 6 heteroatoms. The highest BCUT2D eigenvalue weighted by molar-refractivity contribution is 6.02. The first-order chi connectivity index (χ1) is 9.61. The highest BCUT2D eigenvalue weighted by Gasteiger charge is 2.14. The average Bonchev–Trinajstić information content (AvgIpc) is 2.85. The maximum atomic E-state index is 13.4. The van der Waals surface area contributed by atoms with Gasteiger partial charge in [0.1, 0.15) is 12.4 Å². The van der Waals surface area contributed by atoms with Gasteiger partial charge in [0.25, 0.3) is 5.91 Å². The number of rotatable bonds is 2. The summed E-state index contributed by atoms with van der Waals surface area (Å²) in [6.45, 7) is 1.27. The fourth-order valence-electron chi connectivity index (χ4n) is 1.54. The minimum atomic E-state index is -0.528. The summed E-state index contributed by atoms with van der Waals surface area (Å²) in [5, 5.41) is 11.2. The number of oxazole rings is 1. The number of amides is 1. The van der Waals surface area contributed by atoms with E-state index in [0.717, 1.165) is 0 Å². The summed E-state index contributed by atoms with van der Waals surface area (Å²) in [6.07, 6.45) is 1.17. The maximum absolute atomic E-state index is 13.4. The summed E-state index contributed by atoms with van der Waals surface area (Å²) >= 11 is 0. The molecule has 0 atom stereocenters. The van der Waals surface area contributed by atoms with Crippen LogP contribution in [0.2, 0.25) is 0 Å². The van der Waals surface area contributed by atoms with Gasteiger partial charge in [-0.05, 0) is 25.1 Å². The van der Waals surface area contributed by atoms with E-state index in [9.17, 15) is 9.18 Å². The molecule has 1 aromatic heterocycles. The van der Waals surface area contributed by atoms with Crippen molar-refractivity contribution < 1.29 is 18.7 Å². The number of nitrogens with one attached hydrogen (secondary N) is 1. The molecule has 20 heavy (non-hydrogen) atoms. The Labute approximate surface area is 114 Å². The molecule has 102 valence electrons. The molecular weight excluding hydrogens is 263 g/mol. The number of carbonyl (C=O) groups is 1. The van der Waals surface area contributed by atoms with Crippen molar-refractivity contribution in [2.24, 2.45) is 0 Å². The van der Waals surface area contributed by atoms with Crippen LogP contribution in [0.1, 0.15) is 21.8 Å². The van der Waals surface area contributed by atoms with Gasteiger partial charge >= 0.3 is 0 Å². The lowest BCUT2D eigenvalue weighted by atomic mass is 10.2. The summed E-state index contributed by atoms with van der Waals surface area (Å²) < 4.78 is 18.4. The quantitative estimate of drug-likeness (QED) is 0.818. The van der Waals surface area contributed by atoms with Crippen molar-refractivity contribution in [2.75, 3.05) is 11.9 Å². The lowest BCUT2D eigenvalue weighted by Gasteiger charge is -2.04. The zero-order chi connectivity index (χ0) is 14.5. The molecule has 0 radical (unpaired) electrons. The number of aliphatic hydroxyl groups excluding tert-OH is 1. The van der Waals surface area contributed by atoms with Crippen LogP contribution in [0.25, 0.3) is 0 Å². The number of carbonyl (C=O) groups excluding carboxylic acids is 1. The first kappa shape index (κ1) is 13.8. The molecule has 5 nitrogen and oxygen atoms in total. The number of aliphatic hydroxyl groups is 1. The van der Waals surface area contributed by atoms with E-state index in [1.165, 1.54) is 24.6 Å². The van der Waals surface area contributed by atoms with Crippen molar-refractivity contribution in [1.82, 2.24) is 4.98 Å². The van der Waals surface area contributed by atoms with Crippen molar-refractivity contribution in [3.63, 3.8) is 0 Å². The van der Waals surface area contributed by atoms with E-state index in [1.807, 2.05) is 0 Å². The van der Waals surface area contributed by atoms with E-state index in [1.54, 1.807) is 6.92 Å². The molecule has 0 aliphatic rings. The molecule has 0 fully saturated rings. The Morgan fingerprint density at radius 3 is 3.00 bits per heavy atom. The molecule has 0 bridgehead atoms. The van der Waals surface area contributed by atoms with Crippen LogP contribution in [0, 0.1) is 24.6 Å². The van der Waals surface area contributed by atoms with E-state index in [4.69, 9.17) is 9.52 Å². The third-order valence-electron chi connectivity index (χ3n) is 2.48. The van der Waals surface area contributed by atoms with Crippen molar-refractivity contribution in [2.45, 2.75) is 6.92 Å². The van der Waals surface area contributed by atoms with E-state index >= 15 is 0 Å². The molecule has 2 aromatic rings. The van der Waals surface area contributed by atoms with Crippen molar-refractivity contribution in [3.8, 4) is 11.8 Å². The summed E-state index contributed by atoms with van der Waals surface area (Å²) in [4.78, 5) is 15.7. The van der Waals surface area contributed by atoms with Crippen molar-refractivity contribution in [3.05, 3.63) is 47.4 Å². The van der Waals surface area contributed by atoms with Crippen LogP contribution >= 0.6 is 0 Å². The number of halogens is 1. The highest BCUT2D eigenvalue weighted by atomic mass is 19.1. The van der Waals surface area contributed by atoms with Gasteiger partial charge in [-0.1, -0.05) is 11.8 Å². The molecule has 1 heterocycles. The zero-order valence-corrected chi connectivity index (χ0v) is 10.6. The van der Waals surface area contributed by atoms with Gasteiger partial charge in [-0.15, -0.1) is 0 Å². The summed E-state index contributed by atoms with van der Waals surface area (Å²) in [5.41, 5.74) is 0.922. The Kier molecular flexibility index (Phi) is 4.13. The second kappa shape index (κ2) is 5.99. The first-order valence-corrected chi connectivity index (χ1v) is 5.72. The lowest BCUT2D eigenvalue weighted by Crippen LogP contribution is -2.12. The van der Waals surface area contributed by atoms with Crippen LogP contribution in [0.4, 0.5) is 10.1 Å². The van der Waals surface area contributed by atoms with Gasteiger partial charge in [-0.25, -0.2) is 9.37 Å². The standard InChI is InChI=1S/C14H11FN2O3/c1-9-13(20-8-16-9)14(19)17-11-4-5-12(15)10(7-11)3-2-6-18/h4-5,7-8,18H,6H2,1H3,(H,17,19). The molecule has 1 amide bonds. The molecule has 0 spiro atoms. The van der Waals surface area contributed by atoms with Crippen LogP contribution < -0.4 is 5.32 Å². The van der Waals surface area contributed by atoms with Crippen LogP contribution in [0.15, 0.2) is 29.0 Å². The Morgan fingerprint density at radius 2 is 2.35 bits per heavy atom. The Hall–Kier alpha value is -2.65. The minimum Gasteiger partial charge on any atom is -0.438 e. The molecule has 1 aromatic carbocycles. The number of aryl methyl sites for hydroxylation is 1. The van der Waals surface area contributed by atoms with Crippen molar-refractivity contribution >= 4 is 11.6 Å². The van der Waals surface area contributed by atoms with Gasteiger partial charge in [0.05, 0.1) is 11.3 Å². The molecule has 2 N–H and O–H groups in total. The van der Waals surface area contributed by atoms with Crippen LogP contribution in [0.5, 0.6) is 0 Å². The maximum Gasteiger partial charge on any atom is 0.293 e. The predicted molar refractivity (Wildman–Crippen MR) is 69.6 cm³/mol. The zero-order valence-electron chi connectivity index (χ0n) is 10.6. The van der Waals surface area contributed by atoms with Gasteiger partial charge in [-0.3, -0.25) is 4.79 Å². The van der Waals surface area contributed by atoms with Gasteiger partial charge in [0, 0.05) is 5.69 Å². The second-order valence-electron chi connectivity index (χ2n) is 3.88. The molecular formula is C14H11FN2O3. The second-order valence-corrected chi connectivity index (χ2v) is 3.88. The highest BCUT2D eigenvalue weighted by Crippen LogP contribution is 2.16. The molecule has 0 aliphatic carbocycles. The largest absolute Gasteiger partial charge is 0.438 e. The summed E-state index contributed by atoms with van der Waals surface area (Å²) in [7, 11) is 0. The van der Waals surface area contributed by atoms with Gasteiger partial charge in [-0.2, -0.15) is 0 Å². The molecule has 0 unspecified atom stereocenters. The number of nitrogens with zero attached hydrogens (tertiary/aromatic N) is 1. The topological polar surface area (TPSA) is 75.4 Å². The van der Waals surface area contributed by atoms with E-state index < -0.39 is 11.7 Å². The van der Waals surface area contributed by atoms with E-state index in [0.29, 0.717) is 11.4 Å². The fraction of sp³-hybridized carbons (Fsp3) is 0.143. The predicted octanol–water partition coefficient (Wildman–Crippen LogP) is 1.72. The number of hydrogen-bond acceptors (Lipinski definition) is 4. The molecule has 0 aliphatic heterocycles. The monoisotopic (exact) mass is 274 g/mol. The molecule has 0 saturated carbocycles. The van der Waals surface area contributed by atoms with Crippen LogP contribution in [-0.4, -0.2) is 22.6 Å². The van der Waals surface area contributed by atoms with Gasteiger partial charge in [0.2, 0.25) is 5.76 Å². The number of aromatic nitrogens is 1. The van der Waals surface area contributed by atoms with Gasteiger partial charge < -0.3 is 14.8 Å². The summed E-state index contributed by atoms with van der Waals surface area (Å²) in [5.74, 6) is 3.89. The van der Waals surface area contributed by atoms with Crippen LogP contribution in [-0.2, 0) is 0 Å².